The predicted molar refractivity (Wildman–Crippen MR) is 96.4 cm³/mol. The second-order valence-corrected chi connectivity index (χ2v) is 7.46. The lowest BCUT2D eigenvalue weighted by atomic mass is 10.2. The molecule has 2 amide bonds. The summed E-state index contributed by atoms with van der Waals surface area (Å²) in [4.78, 5) is 24.3. The van der Waals surface area contributed by atoms with Crippen molar-refractivity contribution in [2.45, 2.75) is 32.4 Å². The van der Waals surface area contributed by atoms with E-state index in [-0.39, 0.29) is 18.2 Å². The summed E-state index contributed by atoms with van der Waals surface area (Å²) in [5, 5.41) is 9.17. The van der Waals surface area contributed by atoms with Crippen LogP contribution in [0.2, 0.25) is 0 Å². The van der Waals surface area contributed by atoms with E-state index in [0.717, 1.165) is 17.0 Å². The first-order valence-corrected chi connectivity index (χ1v) is 8.96. The Morgan fingerprint density at radius 2 is 2.21 bits per heavy atom. The monoisotopic (exact) mass is 350 g/mol. The zero-order valence-corrected chi connectivity index (χ0v) is 15.1. The Kier molecular flexibility index (Phi) is 6.08. The fourth-order valence-corrected chi connectivity index (χ4v) is 3.77. The van der Waals surface area contributed by atoms with Crippen LogP contribution in [0.5, 0.6) is 5.75 Å². The molecule has 0 aromatic heterocycles. The molecule has 2 unspecified atom stereocenters. The van der Waals surface area contributed by atoms with Gasteiger partial charge in [0, 0.05) is 17.8 Å². The molecular formula is C16H22N4O3S. The molecule has 8 heteroatoms. The molecule has 1 saturated heterocycles. The van der Waals surface area contributed by atoms with Crippen LogP contribution >= 0.6 is 0 Å². The fourth-order valence-electron chi connectivity index (χ4n) is 2.16. The first-order chi connectivity index (χ1) is 11.4. The molecule has 0 radical (unpaired) electrons. The average Bonchev–Trinajstić information content (AvgIpc) is 2.87. The number of ether oxygens (including phenoxy) is 1. The number of hydrogen-bond donors (Lipinski definition) is 2. The van der Waals surface area contributed by atoms with Crippen molar-refractivity contribution in [1.82, 2.24) is 5.32 Å². The van der Waals surface area contributed by atoms with Gasteiger partial charge >= 0.3 is 0 Å². The van der Waals surface area contributed by atoms with Gasteiger partial charge in [-0.15, -0.1) is 4.47 Å². The average molecular weight is 350 g/mol. The minimum atomic E-state index is -0.609. The lowest BCUT2D eigenvalue weighted by molar-refractivity contribution is -0.123. The Bertz CT molecular complexity index is 711. The van der Waals surface area contributed by atoms with Crippen molar-refractivity contribution in [3.05, 3.63) is 23.8 Å². The highest BCUT2D eigenvalue weighted by Crippen LogP contribution is 2.22. The molecule has 1 heterocycles. The third-order valence-electron chi connectivity index (χ3n) is 3.44. The minimum absolute atomic E-state index is 0.0855. The quantitative estimate of drug-likeness (QED) is 0.628. The number of carbonyl (C=O) groups excluding carboxylic acids is 2. The largest absolute Gasteiger partial charge is 0.497 e. The molecule has 2 atom stereocenters. The molecule has 24 heavy (non-hydrogen) atoms. The van der Waals surface area contributed by atoms with Gasteiger partial charge in [0.2, 0.25) is 11.8 Å². The topological polar surface area (TPSA) is 92.1 Å². The lowest BCUT2D eigenvalue weighted by Crippen LogP contribution is -2.29. The molecule has 0 spiro atoms. The predicted octanol–water partition coefficient (Wildman–Crippen LogP) is 1.99. The summed E-state index contributed by atoms with van der Waals surface area (Å²) in [5.74, 6) is 0.812. The second kappa shape index (κ2) is 8.05. The molecule has 130 valence electrons. The Morgan fingerprint density at radius 3 is 2.83 bits per heavy atom. The third kappa shape index (κ3) is 4.64. The normalized spacial score (nSPS) is 19.8. The number of anilines is 1. The van der Waals surface area contributed by atoms with E-state index in [1.807, 2.05) is 26.8 Å². The van der Waals surface area contributed by atoms with Crippen LogP contribution in [0.15, 0.2) is 27.8 Å². The summed E-state index contributed by atoms with van der Waals surface area (Å²) in [7, 11) is 0.985. The fraction of sp³-hybridized carbons (Fsp3) is 0.438. The van der Waals surface area contributed by atoms with Crippen molar-refractivity contribution < 1.29 is 14.3 Å². The SMILES string of the molecule is COc1ccc(NC(=O)CC2C(=O)NC/S2=N\N=C(C)C)c(C)c1. The third-order valence-corrected chi connectivity index (χ3v) is 5.21. The van der Waals surface area contributed by atoms with Crippen LogP contribution in [-0.2, 0) is 20.3 Å². The number of hydrogen-bond acceptors (Lipinski definition) is 4. The van der Waals surface area contributed by atoms with E-state index in [0.29, 0.717) is 11.6 Å². The zero-order valence-electron chi connectivity index (χ0n) is 14.3. The van der Waals surface area contributed by atoms with Crippen LogP contribution in [0.1, 0.15) is 25.8 Å². The maximum atomic E-state index is 12.3. The van der Waals surface area contributed by atoms with Crippen LogP contribution in [0.25, 0.3) is 0 Å². The summed E-state index contributed by atoms with van der Waals surface area (Å²) in [6.07, 6.45) is 0.0855. The molecule has 1 aliphatic rings. The highest BCUT2D eigenvalue weighted by atomic mass is 32.2. The Balaban J connectivity index is 2.06. The zero-order chi connectivity index (χ0) is 17.7. The standard InChI is InChI=1S/C16H22N4O3S/c1-10(2)19-20-24-9-17-16(22)14(24)8-15(21)18-13-6-5-12(23-4)7-11(13)3/h5-7,14H,8-9H2,1-4H3,(H,17,22)(H,18,21). The van der Waals surface area contributed by atoms with Crippen LogP contribution < -0.4 is 15.4 Å². The second-order valence-electron chi connectivity index (χ2n) is 5.64. The van der Waals surface area contributed by atoms with E-state index in [2.05, 4.69) is 20.2 Å². The smallest absolute Gasteiger partial charge is 0.235 e. The molecule has 1 aliphatic heterocycles. The number of amides is 2. The summed E-state index contributed by atoms with van der Waals surface area (Å²) in [5.41, 5.74) is 2.42. The molecule has 2 rings (SSSR count). The van der Waals surface area contributed by atoms with Crippen molar-refractivity contribution >= 4 is 33.9 Å². The highest BCUT2D eigenvalue weighted by molar-refractivity contribution is 7.89. The van der Waals surface area contributed by atoms with Gasteiger partial charge in [0.25, 0.3) is 0 Å². The van der Waals surface area contributed by atoms with Crippen molar-refractivity contribution in [3.63, 3.8) is 0 Å². The molecule has 1 fully saturated rings. The molecule has 7 nitrogen and oxygen atoms in total. The van der Waals surface area contributed by atoms with E-state index >= 15 is 0 Å². The van der Waals surface area contributed by atoms with Crippen LogP contribution in [-0.4, -0.2) is 35.8 Å². The molecule has 1 aromatic rings. The maximum absolute atomic E-state index is 12.3. The number of methoxy groups -OCH3 is 1. The van der Waals surface area contributed by atoms with E-state index in [1.54, 1.807) is 19.2 Å². The number of nitrogens with zero attached hydrogens (tertiary/aromatic N) is 2. The number of rotatable bonds is 5. The molecule has 2 N–H and O–H groups in total. The maximum Gasteiger partial charge on any atom is 0.235 e. The lowest BCUT2D eigenvalue weighted by Gasteiger charge is -2.12. The number of nitrogens with one attached hydrogen (secondary N) is 2. The van der Waals surface area contributed by atoms with Crippen molar-refractivity contribution in [2.24, 2.45) is 9.57 Å². The van der Waals surface area contributed by atoms with Crippen molar-refractivity contribution in [1.29, 1.82) is 0 Å². The molecule has 0 saturated carbocycles. The summed E-state index contributed by atoms with van der Waals surface area (Å²) >= 11 is 0. The summed E-state index contributed by atoms with van der Waals surface area (Å²) in [6, 6.07) is 5.41. The summed E-state index contributed by atoms with van der Waals surface area (Å²) < 4.78 is 9.34. The van der Waals surface area contributed by atoms with E-state index < -0.39 is 15.9 Å². The first kappa shape index (κ1) is 18.1. The van der Waals surface area contributed by atoms with Gasteiger partial charge in [0.05, 0.1) is 13.0 Å². The number of benzene rings is 1. The molecular weight excluding hydrogens is 328 g/mol. The minimum Gasteiger partial charge on any atom is -0.497 e. The van der Waals surface area contributed by atoms with Gasteiger partial charge in [-0.3, -0.25) is 9.59 Å². The Labute approximate surface area is 144 Å². The highest BCUT2D eigenvalue weighted by Gasteiger charge is 2.32. The molecule has 0 aliphatic carbocycles. The van der Waals surface area contributed by atoms with Gasteiger partial charge < -0.3 is 15.4 Å². The van der Waals surface area contributed by atoms with Crippen molar-refractivity contribution in [2.75, 3.05) is 18.3 Å². The van der Waals surface area contributed by atoms with E-state index in [4.69, 9.17) is 4.74 Å². The van der Waals surface area contributed by atoms with Gasteiger partial charge in [-0.2, -0.15) is 5.10 Å². The molecule has 1 aromatic carbocycles. The van der Waals surface area contributed by atoms with Crippen LogP contribution in [0.4, 0.5) is 5.69 Å². The van der Waals surface area contributed by atoms with Gasteiger partial charge in [0.1, 0.15) is 11.0 Å². The van der Waals surface area contributed by atoms with Gasteiger partial charge in [0.15, 0.2) is 0 Å². The van der Waals surface area contributed by atoms with Gasteiger partial charge in [-0.1, -0.05) is 0 Å². The first-order valence-electron chi connectivity index (χ1n) is 7.54. The van der Waals surface area contributed by atoms with Crippen LogP contribution in [0, 0.1) is 6.92 Å². The Hall–Kier alpha value is -2.22. The van der Waals surface area contributed by atoms with Gasteiger partial charge in [-0.25, -0.2) is 0 Å². The van der Waals surface area contributed by atoms with Crippen LogP contribution in [0.3, 0.4) is 0 Å². The van der Waals surface area contributed by atoms with Crippen molar-refractivity contribution in [3.8, 4) is 5.75 Å². The van der Waals surface area contributed by atoms with Gasteiger partial charge in [-0.05, 0) is 55.2 Å². The number of carbonyl (C=O) groups is 2. The Morgan fingerprint density at radius 1 is 1.46 bits per heavy atom. The number of aryl methyl sites for hydroxylation is 1. The summed E-state index contributed by atoms with van der Waals surface area (Å²) in [6.45, 7) is 5.57. The van der Waals surface area contributed by atoms with E-state index in [9.17, 15) is 9.59 Å². The molecule has 0 bridgehead atoms. The van der Waals surface area contributed by atoms with E-state index in [1.165, 1.54) is 0 Å².